The minimum Gasteiger partial charge on any atom is -0.507 e. The molecule has 4 aromatic rings. The zero-order chi connectivity index (χ0) is 38.9. The molecule has 0 amide bonds. The van der Waals surface area contributed by atoms with Gasteiger partial charge in [-0.1, -0.05) is 39.8 Å². The fourth-order valence-electron chi connectivity index (χ4n) is 6.59. The van der Waals surface area contributed by atoms with Crippen molar-refractivity contribution in [1.82, 2.24) is 0 Å². The molecule has 14 nitrogen and oxygen atoms in total. The number of carbonyl (C=O) groups excluding carboxylic acids is 2. The number of fused-ring (bicyclic) bond motifs is 2. The van der Waals surface area contributed by atoms with Crippen LogP contribution in [-0.2, 0) is 19.1 Å². The van der Waals surface area contributed by atoms with Gasteiger partial charge >= 0.3 is 11.9 Å². The van der Waals surface area contributed by atoms with E-state index in [9.17, 15) is 50.4 Å². The monoisotopic (exact) mass is 720 g/mol. The molecule has 0 saturated carbocycles. The number of phenols is 6. The summed E-state index contributed by atoms with van der Waals surface area (Å²) >= 11 is 0. The smallest absolute Gasteiger partial charge is 0.332 e. The number of nitrogens with zero attached hydrogens (tertiary/aromatic N) is 2. The van der Waals surface area contributed by atoms with Crippen LogP contribution in [0.1, 0.15) is 72.9 Å². The van der Waals surface area contributed by atoms with Gasteiger partial charge in [0.1, 0.15) is 11.5 Å². The van der Waals surface area contributed by atoms with Crippen LogP contribution in [0, 0.1) is 13.8 Å². The maximum atomic E-state index is 12.2. The van der Waals surface area contributed by atoms with Gasteiger partial charge in [-0.05, 0) is 47.6 Å². The van der Waals surface area contributed by atoms with Gasteiger partial charge in [0.05, 0.1) is 27.4 Å². The van der Waals surface area contributed by atoms with E-state index in [1.165, 1.54) is 0 Å². The number of aliphatic hydroxyl groups is 2. The number of hydrogen-bond donors (Lipinski definition) is 8. The van der Waals surface area contributed by atoms with Gasteiger partial charge in [-0.3, -0.25) is 9.98 Å². The molecule has 0 aromatic heterocycles. The molecule has 4 aromatic carbocycles. The number of aliphatic hydroxyl groups excluding tert-OH is 2. The minimum absolute atomic E-state index is 0.00544. The largest absolute Gasteiger partial charge is 0.507 e. The first-order valence-corrected chi connectivity index (χ1v) is 16.4. The molecule has 0 fully saturated rings. The maximum Gasteiger partial charge on any atom is 0.332 e. The molecule has 2 unspecified atom stereocenters. The lowest BCUT2D eigenvalue weighted by Gasteiger charge is -2.23. The third-order valence-corrected chi connectivity index (χ3v) is 9.05. The Hall–Kier alpha value is -5.60. The van der Waals surface area contributed by atoms with Crippen molar-refractivity contribution in [2.45, 2.75) is 65.5 Å². The number of hydrogen-bond acceptors (Lipinski definition) is 14. The third-order valence-electron chi connectivity index (χ3n) is 9.05. The Morgan fingerprint density at radius 2 is 0.942 bits per heavy atom. The lowest BCUT2D eigenvalue weighted by molar-refractivity contribution is -0.143. The summed E-state index contributed by atoms with van der Waals surface area (Å²) < 4.78 is 9.37. The normalized spacial score (nSPS) is 13.2. The quantitative estimate of drug-likeness (QED) is 0.0600. The number of phenolic OH excluding ortho intramolecular Hbond substituents is 6. The summed E-state index contributed by atoms with van der Waals surface area (Å²) in [4.78, 5) is 32.5. The Morgan fingerprint density at radius 1 is 0.615 bits per heavy atom. The first kappa shape index (κ1) is 39.2. The van der Waals surface area contributed by atoms with Gasteiger partial charge in [-0.15, -0.1) is 0 Å². The standard InChI is InChI=1S/C38H44N2O12/c1-15(2)25-19-9-17(5)27(33(45)29(19)21(31(43)35(25)47)11-39-23(13-41)37(49)51-7)28-18(6)10-20-26(16(3)4)36(48)32(44)22(30(20)34(28)46)12-40-24(14-42)38(50)52-8/h9-12,15-16,23-24,41-48H,13-14H2,1-8H3. The van der Waals surface area contributed by atoms with Crippen LogP contribution in [-0.4, -0.2) is 105 Å². The van der Waals surface area contributed by atoms with E-state index >= 15 is 0 Å². The van der Waals surface area contributed by atoms with Crippen molar-refractivity contribution in [2.24, 2.45) is 9.98 Å². The number of methoxy groups -OCH3 is 2. The maximum absolute atomic E-state index is 12.2. The average molecular weight is 721 g/mol. The van der Waals surface area contributed by atoms with Gasteiger partial charge in [0.15, 0.2) is 35.1 Å². The highest BCUT2D eigenvalue weighted by Crippen LogP contribution is 2.54. The SMILES string of the molecule is COC(=O)C(CO)N=Cc1c(O)c(O)c(C(C)C)c2cc(C)c(-c3c(C)cc4c(C(C)C)c(O)c(O)c(C=NC(CO)C(=O)OC)c4c3O)c(O)c12. The van der Waals surface area contributed by atoms with E-state index in [2.05, 4.69) is 19.5 Å². The Labute approximate surface area is 299 Å². The molecule has 14 heteroatoms. The topological polar surface area (TPSA) is 239 Å². The molecule has 0 heterocycles. The van der Waals surface area contributed by atoms with Crippen molar-refractivity contribution < 1.29 is 59.9 Å². The molecule has 0 aliphatic rings. The molecular weight excluding hydrogens is 676 g/mol. The molecule has 0 aliphatic carbocycles. The lowest BCUT2D eigenvalue weighted by atomic mass is 9.83. The van der Waals surface area contributed by atoms with Crippen molar-refractivity contribution >= 4 is 45.9 Å². The van der Waals surface area contributed by atoms with Gasteiger partial charge in [0.2, 0.25) is 0 Å². The van der Waals surface area contributed by atoms with Gasteiger partial charge < -0.3 is 50.3 Å². The highest BCUT2D eigenvalue weighted by atomic mass is 16.5. The molecule has 0 bridgehead atoms. The van der Waals surface area contributed by atoms with E-state index in [1.807, 2.05) is 0 Å². The summed E-state index contributed by atoms with van der Waals surface area (Å²) in [5.74, 6) is -5.62. The van der Waals surface area contributed by atoms with Gasteiger partial charge in [-0.25, -0.2) is 9.59 Å². The van der Waals surface area contributed by atoms with Crippen molar-refractivity contribution in [2.75, 3.05) is 27.4 Å². The predicted octanol–water partition coefficient (Wildman–Crippen LogP) is 4.66. The molecule has 52 heavy (non-hydrogen) atoms. The number of benzene rings is 4. The zero-order valence-electron chi connectivity index (χ0n) is 30.1. The Bertz CT molecular complexity index is 1980. The summed E-state index contributed by atoms with van der Waals surface area (Å²) in [6.45, 7) is 8.97. The second-order valence-corrected chi connectivity index (χ2v) is 13.0. The van der Waals surface area contributed by atoms with E-state index < -0.39 is 71.7 Å². The fraction of sp³-hybridized carbons (Fsp3) is 0.368. The molecule has 0 saturated heterocycles. The number of carbonyl (C=O) groups is 2. The number of rotatable bonds is 11. The molecule has 4 rings (SSSR count). The number of ether oxygens (including phenoxy) is 2. The molecule has 0 aliphatic heterocycles. The summed E-state index contributed by atoms with van der Waals surface area (Å²) in [5.41, 5.74) is 1.25. The average Bonchev–Trinajstić information content (AvgIpc) is 3.09. The Balaban J connectivity index is 2.22. The molecule has 8 N–H and O–H groups in total. The van der Waals surface area contributed by atoms with Crippen LogP contribution in [0.5, 0.6) is 34.5 Å². The van der Waals surface area contributed by atoms with E-state index in [0.717, 1.165) is 26.6 Å². The van der Waals surface area contributed by atoms with Crippen molar-refractivity contribution in [1.29, 1.82) is 0 Å². The van der Waals surface area contributed by atoms with Crippen molar-refractivity contribution in [3.05, 3.63) is 45.5 Å². The molecule has 2 atom stereocenters. The van der Waals surface area contributed by atoms with Crippen molar-refractivity contribution in [3.8, 4) is 45.6 Å². The molecule has 0 spiro atoms. The predicted molar refractivity (Wildman–Crippen MR) is 195 cm³/mol. The minimum atomic E-state index is -1.38. The third kappa shape index (κ3) is 6.62. The van der Waals surface area contributed by atoms with Gasteiger partial charge in [-0.2, -0.15) is 0 Å². The lowest BCUT2D eigenvalue weighted by Crippen LogP contribution is -2.24. The highest BCUT2D eigenvalue weighted by molar-refractivity contribution is 6.15. The number of aryl methyl sites for hydroxylation is 2. The van der Waals surface area contributed by atoms with Crippen LogP contribution in [0.4, 0.5) is 0 Å². The number of aliphatic imine (C=N–C) groups is 2. The molecule has 0 radical (unpaired) electrons. The number of esters is 2. The first-order valence-electron chi connectivity index (χ1n) is 16.4. The van der Waals surface area contributed by atoms with E-state index in [1.54, 1.807) is 53.7 Å². The molecular formula is C38H44N2O12. The van der Waals surface area contributed by atoms with Crippen LogP contribution in [0.3, 0.4) is 0 Å². The Morgan fingerprint density at radius 3 is 1.21 bits per heavy atom. The van der Waals surface area contributed by atoms with Crippen LogP contribution in [0.25, 0.3) is 32.7 Å². The van der Waals surface area contributed by atoms with Crippen molar-refractivity contribution in [3.63, 3.8) is 0 Å². The number of aromatic hydroxyl groups is 6. The summed E-state index contributed by atoms with van der Waals surface area (Å²) in [6.07, 6.45) is 2.07. The Kier molecular flexibility index (Phi) is 11.6. The summed E-state index contributed by atoms with van der Waals surface area (Å²) in [5, 5.41) is 89.3. The van der Waals surface area contributed by atoms with E-state index in [4.69, 9.17) is 0 Å². The summed E-state index contributed by atoms with van der Waals surface area (Å²) in [6, 6.07) is 0.548. The molecule has 278 valence electrons. The van der Waals surface area contributed by atoms with Crippen LogP contribution in [0.2, 0.25) is 0 Å². The fourth-order valence-corrected chi connectivity index (χ4v) is 6.59. The van der Waals surface area contributed by atoms with Crippen LogP contribution in [0.15, 0.2) is 22.1 Å². The zero-order valence-corrected chi connectivity index (χ0v) is 30.1. The summed E-state index contributed by atoms with van der Waals surface area (Å²) in [7, 11) is 2.23. The second-order valence-electron chi connectivity index (χ2n) is 13.0. The van der Waals surface area contributed by atoms with E-state index in [-0.39, 0.29) is 44.9 Å². The highest BCUT2D eigenvalue weighted by Gasteiger charge is 2.30. The van der Waals surface area contributed by atoms with Crippen LogP contribution >= 0.6 is 0 Å². The first-order chi connectivity index (χ1) is 24.5. The van der Waals surface area contributed by atoms with E-state index in [0.29, 0.717) is 33.0 Å². The van der Waals surface area contributed by atoms with Gasteiger partial charge in [0, 0.05) is 56.6 Å². The van der Waals surface area contributed by atoms with Crippen LogP contribution < -0.4 is 0 Å². The second kappa shape index (κ2) is 15.3. The van der Waals surface area contributed by atoms with Gasteiger partial charge in [0.25, 0.3) is 0 Å².